The Bertz CT molecular complexity index is 623. The van der Waals surface area contributed by atoms with Gasteiger partial charge in [-0.05, 0) is 23.8 Å². The number of allylic oxidation sites excluding steroid dienone is 1. The highest BCUT2D eigenvalue weighted by molar-refractivity contribution is 6.31. The summed E-state index contributed by atoms with van der Waals surface area (Å²) in [5.41, 5.74) is 11.9. The van der Waals surface area contributed by atoms with Crippen LogP contribution >= 0.6 is 11.6 Å². The molecule has 2 rings (SSSR count). The fraction of sp³-hybridized carbons (Fsp3) is 0.231. The van der Waals surface area contributed by atoms with Gasteiger partial charge in [0.2, 0.25) is 0 Å². The second-order valence-electron chi connectivity index (χ2n) is 4.52. The number of alkyl halides is 2. The molecule has 20 heavy (non-hydrogen) atoms. The van der Waals surface area contributed by atoms with Crippen LogP contribution in [-0.2, 0) is 6.42 Å². The summed E-state index contributed by atoms with van der Waals surface area (Å²) in [5.74, 6) is -3.16. The molecule has 1 aromatic rings. The molecule has 0 fully saturated rings. The first-order chi connectivity index (χ1) is 9.33. The first kappa shape index (κ1) is 14.5. The number of nitrogens with zero attached hydrogens (tertiary/aromatic N) is 1. The van der Waals surface area contributed by atoms with Crippen molar-refractivity contribution in [1.82, 2.24) is 0 Å². The molecular formula is C13H13ClF2N4. The summed E-state index contributed by atoms with van der Waals surface area (Å²) in [4.78, 5) is 3.71. The second kappa shape index (κ2) is 5.20. The van der Waals surface area contributed by atoms with Gasteiger partial charge in [0.1, 0.15) is 5.71 Å². The number of nitrogen functional groups attached to an aromatic ring is 1. The molecule has 0 unspecified atom stereocenters. The highest BCUT2D eigenvalue weighted by Gasteiger charge is 2.37. The van der Waals surface area contributed by atoms with E-state index in [1.165, 1.54) is 18.2 Å². The van der Waals surface area contributed by atoms with Crippen molar-refractivity contribution in [3.8, 4) is 0 Å². The van der Waals surface area contributed by atoms with E-state index in [1.54, 1.807) is 0 Å². The molecule has 0 radical (unpaired) electrons. The lowest BCUT2D eigenvalue weighted by Crippen LogP contribution is -2.29. The lowest BCUT2D eigenvalue weighted by Gasteiger charge is -2.17. The van der Waals surface area contributed by atoms with Crippen LogP contribution in [0, 0.1) is 5.41 Å². The van der Waals surface area contributed by atoms with Gasteiger partial charge in [0.15, 0.2) is 0 Å². The van der Waals surface area contributed by atoms with Crippen molar-refractivity contribution in [3.05, 3.63) is 40.1 Å². The maximum Gasteiger partial charge on any atom is 0.293 e. The van der Waals surface area contributed by atoms with Gasteiger partial charge in [-0.1, -0.05) is 11.6 Å². The third kappa shape index (κ3) is 2.80. The average Bonchev–Trinajstić information content (AvgIpc) is 2.80. The Hall–Kier alpha value is -1.95. The minimum atomic E-state index is -3.16. The van der Waals surface area contributed by atoms with E-state index in [1.807, 2.05) is 0 Å². The van der Waals surface area contributed by atoms with E-state index in [9.17, 15) is 8.78 Å². The van der Waals surface area contributed by atoms with Gasteiger partial charge >= 0.3 is 0 Å². The Kier molecular flexibility index (Phi) is 3.76. The van der Waals surface area contributed by atoms with E-state index in [-0.39, 0.29) is 28.5 Å². The maximum absolute atomic E-state index is 14.1. The molecular weight excluding hydrogens is 286 g/mol. The van der Waals surface area contributed by atoms with Crippen molar-refractivity contribution in [2.24, 2.45) is 10.7 Å². The Morgan fingerprint density at radius 1 is 1.40 bits per heavy atom. The standard InChI is InChI=1S/C13H13ClF2N4/c14-10-1-8(5-17)11(19)2-7(10)4-13(15,16)12-3-9(18)6-20-12/h1-3,5,17H,4,6,18-19H2. The Morgan fingerprint density at radius 3 is 2.65 bits per heavy atom. The van der Waals surface area contributed by atoms with E-state index in [0.29, 0.717) is 11.3 Å². The van der Waals surface area contributed by atoms with Crippen molar-refractivity contribution in [2.75, 3.05) is 12.3 Å². The summed E-state index contributed by atoms with van der Waals surface area (Å²) >= 11 is 5.95. The highest BCUT2D eigenvalue weighted by atomic mass is 35.5. The van der Waals surface area contributed by atoms with Gasteiger partial charge in [0, 0.05) is 34.6 Å². The van der Waals surface area contributed by atoms with Gasteiger partial charge in [-0.3, -0.25) is 4.99 Å². The number of halogens is 3. The van der Waals surface area contributed by atoms with E-state index in [0.717, 1.165) is 6.21 Å². The smallest absolute Gasteiger partial charge is 0.293 e. The van der Waals surface area contributed by atoms with Crippen LogP contribution in [0.3, 0.4) is 0 Å². The molecule has 0 aromatic heterocycles. The summed E-state index contributed by atoms with van der Waals surface area (Å²) in [7, 11) is 0. The van der Waals surface area contributed by atoms with E-state index in [2.05, 4.69) is 4.99 Å². The van der Waals surface area contributed by atoms with Gasteiger partial charge in [-0.25, -0.2) is 0 Å². The molecule has 1 heterocycles. The molecule has 0 aliphatic carbocycles. The number of aliphatic imine (C=N–C) groups is 1. The van der Waals surface area contributed by atoms with Gasteiger partial charge in [-0.15, -0.1) is 0 Å². The summed E-state index contributed by atoms with van der Waals surface area (Å²) in [6.45, 7) is 0.0908. The first-order valence-corrected chi connectivity index (χ1v) is 6.18. The van der Waals surface area contributed by atoms with Crippen LogP contribution < -0.4 is 11.5 Å². The molecule has 1 aliphatic heterocycles. The minimum absolute atomic E-state index is 0.0908. The molecule has 0 saturated heterocycles. The number of anilines is 1. The zero-order valence-electron chi connectivity index (χ0n) is 10.5. The average molecular weight is 299 g/mol. The van der Waals surface area contributed by atoms with Crippen LogP contribution in [0.1, 0.15) is 11.1 Å². The van der Waals surface area contributed by atoms with Crippen molar-refractivity contribution in [1.29, 1.82) is 5.41 Å². The largest absolute Gasteiger partial charge is 0.400 e. The van der Waals surface area contributed by atoms with E-state index < -0.39 is 12.3 Å². The van der Waals surface area contributed by atoms with Crippen LogP contribution in [-0.4, -0.2) is 24.4 Å². The fourth-order valence-electron chi connectivity index (χ4n) is 1.91. The molecule has 0 saturated carbocycles. The Labute approximate surface area is 119 Å². The van der Waals surface area contributed by atoms with Gasteiger partial charge < -0.3 is 16.9 Å². The quantitative estimate of drug-likeness (QED) is 0.588. The third-order valence-corrected chi connectivity index (χ3v) is 3.30. The summed E-state index contributed by atoms with van der Waals surface area (Å²) in [6.07, 6.45) is 1.59. The maximum atomic E-state index is 14.1. The molecule has 4 nitrogen and oxygen atoms in total. The minimum Gasteiger partial charge on any atom is -0.400 e. The van der Waals surface area contributed by atoms with Gasteiger partial charge in [-0.2, -0.15) is 8.78 Å². The predicted molar refractivity (Wildman–Crippen MR) is 77.0 cm³/mol. The number of rotatable bonds is 4. The topological polar surface area (TPSA) is 88.2 Å². The normalized spacial score (nSPS) is 14.9. The Morgan fingerprint density at radius 2 is 2.10 bits per heavy atom. The van der Waals surface area contributed by atoms with Crippen LogP contribution in [0.4, 0.5) is 14.5 Å². The van der Waals surface area contributed by atoms with Crippen LogP contribution in [0.25, 0.3) is 0 Å². The fourth-order valence-corrected chi connectivity index (χ4v) is 2.15. The van der Waals surface area contributed by atoms with E-state index >= 15 is 0 Å². The second-order valence-corrected chi connectivity index (χ2v) is 4.93. The lowest BCUT2D eigenvalue weighted by atomic mass is 10.0. The number of hydrogen-bond donors (Lipinski definition) is 3. The summed E-state index contributed by atoms with van der Waals surface area (Å²) in [6, 6.07) is 2.76. The van der Waals surface area contributed by atoms with Crippen LogP contribution in [0.2, 0.25) is 5.02 Å². The third-order valence-electron chi connectivity index (χ3n) is 2.95. The van der Waals surface area contributed by atoms with E-state index in [4.69, 9.17) is 28.5 Å². The number of nitrogens with two attached hydrogens (primary N) is 2. The SMILES string of the molecule is N=Cc1cc(Cl)c(CC(F)(F)C2=NCC(N)=C2)cc1N. The first-order valence-electron chi connectivity index (χ1n) is 5.80. The molecule has 1 aromatic carbocycles. The van der Waals surface area contributed by atoms with Crippen molar-refractivity contribution in [3.63, 3.8) is 0 Å². The van der Waals surface area contributed by atoms with Gasteiger partial charge in [0.05, 0.1) is 6.54 Å². The zero-order chi connectivity index (χ0) is 14.9. The molecule has 0 atom stereocenters. The molecule has 7 heteroatoms. The van der Waals surface area contributed by atoms with Crippen molar-refractivity contribution >= 4 is 29.2 Å². The molecule has 0 amide bonds. The summed E-state index contributed by atoms with van der Waals surface area (Å²) in [5, 5.41) is 7.28. The molecule has 0 spiro atoms. The molecule has 1 aliphatic rings. The zero-order valence-corrected chi connectivity index (χ0v) is 11.2. The molecule has 5 N–H and O–H groups in total. The molecule has 106 valence electrons. The number of benzene rings is 1. The Balaban J connectivity index is 2.30. The van der Waals surface area contributed by atoms with Crippen molar-refractivity contribution < 1.29 is 8.78 Å². The van der Waals surface area contributed by atoms with Crippen LogP contribution in [0.15, 0.2) is 28.9 Å². The summed E-state index contributed by atoms with van der Waals surface area (Å²) < 4.78 is 28.2. The lowest BCUT2D eigenvalue weighted by molar-refractivity contribution is 0.0798. The van der Waals surface area contributed by atoms with Gasteiger partial charge in [0.25, 0.3) is 5.92 Å². The van der Waals surface area contributed by atoms with Crippen molar-refractivity contribution in [2.45, 2.75) is 12.3 Å². The predicted octanol–water partition coefficient (Wildman–Crippen LogP) is 2.39. The van der Waals surface area contributed by atoms with Crippen LogP contribution in [0.5, 0.6) is 0 Å². The number of nitrogens with one attached hydrogen (secondary N) is 1. The molecule has 0 bridgehead atoms. The highest BCUT2D eigenvalue weighted by Crippen LogP contribution is 2.30. The number of hydrogen-bond acceptors (Lipinski definition) is 4. The monoisotopic (exact) mass is 298 g/mol.